The van der Waals surface area contributed by atoms with E-state index in [1.54, 1.807) is 0 Å². The maximum absolute atomic E-state index is 13.3. The Kier molecular flexibility index (Phi) is 3.42. The molecule has 25 heavy (non-hydrogen) atoms. The molecular formula is C19H23N3O3. The van der Waals surface area contributed by atoms with Crippen molar-refractivity contribution in [3.63, 3.8) is 0 Å². The molecule has 0 saturated carbocycles. The van der Waals surface area contributed by atoms with E-state index in [1.807, 2.05) is 18.2 Å². The molecule has 3 aliphatic rings. The van der Waals surface area contributed by atoms with E-state index in [9.17, 15) is 14.4 Å². The van der Waals surface area contributed by atoms with Crippen molar-refractivity contribution in [1.29, 1.82) is 0 Å². The van der Waals surface area contributed by atoms with Gasteiger partial charge >= 0.3 is 6.03 Å². The van der Waals surface area contributed by atoms with Crippen LogP contribution in [-0.2, 0) is 16.0 Å². The third-order valence-electron chi connectivity index (χ3n) is 6.15. The van der Waals surface area contributed by atoms with E-state index in [4.69, 9.17) is 0 Å². The van der Waals surface area contributed by atoms with Crippen molar-refractivity contribution >= 4 is 23.5 Å². The fourth-order valence-electron chi connectivity index (χ4n) is 4.78. The summed E-state index contributed by atoms with van der Waals surface area (Å²) in [7, 11) is 2.96. The topological polar surface area (TPSA) is 60.9 Å². The number of hydrogen-bond donors (Lipinski definition) is 0. The Morgan fingerprint density at radius 2 is 1.68 bits per heavy atom. The summed E-state index contributed by atoms with van der Waals surface area (Å²) in [6.45, 7) is 2.99. The van der Waals surface area contributed by atoms with Gasteiger partial charge in [0.25, 0.3) is 0 Å². The molecule has 4 rings (SSSR count). The Morgan fingerprint density at radius 3 is 2.36 bits per heavy atom. The molecule has 132 valence electrons. The zero-order chi connectivity index (χ0) is 17.9. The standard InChI is InChI=1S/C19H23N3O3/c1-12-8-9-22-14-7-5-4-6-13(14)11-19(15(22)10-12)16(23)20(2)18(25)21(3)17(19)24/h4-7,12,15H,8-11H2,1-3H3/t12-,15-/m1/s1. The molecule has 2 fully saturated rings. The van der Waals surface area contributed by atoms with Crippen LogP contribution in [0.5, 0.6) is 0 Å². The second kappa shape index (κ2) is 5.31. The lowest BCUT2D eigenvalue weighted by molar-refractivity contribution is -0.160. The highest BCUT2D eigenvalue weighted by molar-refractivity contribution is 6.20. The highest BCUT2D eigenvalue weighted by Crippen LogP contribution is 2.49. The smallest absolute Gasteiger partial charge is 0.332 e. The first-order valence-corrected chi connectivity index (χ1v) is 8.82. The summed E-state index contributed by atoms with van der Waals surface area (Å²) in [5.41, 5.74) is 0.916. The van der Waals surface area contributed by atoms with Crippen molar-refractivity contribution < 1.29 is 14.4 Å². The number of anilines is 1. The third-order valence-corrected chi connectivity index (χ3v) is 6.15. The number of fused-ring (bicyclic) bond motifs is 4. The van der Waals surface area contributed by atoms with Crippen LogP contribution in [0.25, 0.3) is 0 Å². The number of piperidine rings is 1. The Morgan fingerprint density at radius 1 is 1.04 bits per heavy atom. The minimum Gasteiger partial charge on any atom is -0.367 e. The Labute approximate surface area is 147 Å². The van der Waals surface area contributed by atoms with Gasteiger partial charge in [-0.15, -0.1) is 0 Å². The molecular weight excluding hydrogens is 318 g/mol. The Hall–Kier alpha value is -2.37. The second-order valence-electron chi connectivity index (χ2n) is 7.63. The molecule has 0 aliphatic carbocycles. The lowest BCUT2D eigenvalue weighted by Crippen LogP contribution is -2.72. The SMILES string of the molecule is C[C@@H]1CCN2c3ccccc3CC3(C(=O)N(C)C(=O)N(C)C3=O)[C@H]2C1. The van der Waals surface area contributed by atoms with Crippen LogP contribution >= 0.6 is 0 Å². The first kappa shape index (κ1) is 16.1. The number of nitrogens with zero attached hydrogens (tertiary/aromatic N) is 3. The normalized spacial score (nSPS) is 28.3. The van der Waals surface area contributed by atoms with E-state index < -0.39 is 11.4 Å². The number of barbiturate groups is 1. The molecule has 3 heterocycles. The predicted octanol–water partition coefficient (Wildman–Crippen LogP) is 1.88. The Bertz CT molecular complexity index is 751. The fourth-order valence-corrected chi connectivity index (χ4v) is 4.78. The molecule has 2 saturated heterocycles. The number of para-hydroxylation sites is 1. The maximum Gasteiger partial charge on any atom is 0.332 e. The molecule has 1 aromatic carbocycles. The van der Waals surface area contributed by atoms with Crippen molar-refractivity contribution in [1.82, 2.24) is 9.80 Å². The minimum absolute atomic E-state index is 0.204. The fraction of sp³-hybridized carbons (Fsp3) is 0.526. The third kappa shape index (κ3) is 2.00. The van der Waals surface area contributed by atoms with E-state index in [2.05, 4.69) is 17.9 Å². The molecule has 0 unspecified atom stereocenters. The van der Waals surface area contributed by atoms with Crippen LogP contribution < -0.4 is 4.90 Å². The van der Waals surface area contributed by atoms with Crippen molar-refractivity contribution in [3.05, 3.63) is 29.8 Å². The van der Waals surface area contributed by atoms with Gasteiger partial charge in [-0.05, 0) is 36.8 Å². The van der Waals surface area contributed by atoms with Crippen LogP contribution in [0.15, 0.2) is 24.3 Å². The van der Waals surface area contributed by atoms with E-state index >= 15 is 0 Å². The molecule has 6 heteroatoms. The van der Waals surface area contributed by atoms with Gasteiger partial charge in [-0.25, -0.2) is 4.79 Å². The summed E-state index contributed by atoms with van der Waals surface area (Å²) >= 11 is 0. The lowest BCUT2D eigenvalue weighted by Gasteiger charge is -2.55. The zero-order valence-electron chi connectivity index (χ0n) is 14.9. The summed E-state index contributed by atoms with van der Waals surface area (Å²) in [4.78, 5) is 43.2. The van der Waals surface area contributed by atoms with Gasteiger partial charge in [0.15, 0.2) is 5.41 Å². The van der Waals surface area contributed by atoms with Crippen molar-refractivity contribution in [2.75, 3.05) is 25.5 Å². The number of benzene rings is 1. The van der Waals surface area contributed by atoms with Gasteiger partial charge in [0.05, 0.1) is 6.04 Å². The summed E-state index contributed by atoms with van der Waals surface area (Å²) < 4.78 is 0. The average Bonchev–Trinajstić information content (AvgIpc) is 2.63. The predicted molar refractivity (Wildman–Crippen MR) is 93.0 cm³/mol. The number of hydrogen-bond acceptors (Lipinski definition) is 4. The van der Waals surface area contributed by atoms with Crippen LogP contribution in [-0.4, -0.2) is 54.3 Å². The number of amides is 4. The van der Waals surface area contributed by atoms with Crippen LogP contribution in [0.3, 0.4) is 0 Å². The molecule has 0 N–H and O–H groups in total. The van der Waals surface area contributed by atoms with E-state index in [1.165, 1.54) is 14.1 Å². The molecule has 6 nitrogen and oxygen atoms in total. The summed E-state index contributed by atoms with van der Waals surface area (Å²) in [6.07, 6.45) is 2.17. The van der Waals surface area contributed by atoms with Gasteiger partial charge in [-0.1, -0.05) is 25.1 Å². The van der Waals surface area contributed by atoms with Crippen LogP contribution in [0.1, 0.15) is 25.3 Å². The van der Waals surface area contributed by atoms with Gasteiger partial charge in [-0.3, -0.25) is 19.4 Å². The van der Waals surface area contributed by atoms with Gasteiger partial charge in [-0.2, -0.15) is 0 Å². The molecule has 1 aromatic rings. The summed E-state index contributed by atoms with van der Waals surface area (Å²) in [6, 6.07) is 7.25. The van der Waals surface area contributed by atoms with E-state index in [0.717, 1.165) is 40.4 Å². The van der Waals surface area contributed by atoms with Crippen molar-refractivity contribution in [3.8, 4) is 0 Å². The van der Waals surface area contributed by atoms with Crippen LogP contribution in [0.4, 0.5) is 10.5 Å². The van der Waals surface area contributed by atoms with E-state index in [-0.39, 0.29) is 17.9 Å². The molecule has 0 aromatic heterocycles. The zero-order valence-corrected chi connectivity index (χ0v) is 14.9. The van der Waals surface area contributed by atoms with Crippen molar-refractivity contribution in [2.24, 2.45) is 11.3 Å². The molecule has 0 bridgehead atoms. The number of urea groups is 1. The lowest BCUT2D eigenvalue weighted by atomic mass is 9.64. The summed E-state index contributed by atoms with van der Waals surface area (Å²) in [5, 5.41) is 0. The highest BCUT2D eigenvalue weighted by atomic mass is 16.2. The number of carbonyl (C=O) groups excluding carboxylic acids is 3. The largest absolute Gasteiger partial charge is 0.367 e. The van der Waals surface area contributed by atoms with E-state index in [0.29, 0.717) is 12.3 Å². The van der Waals surface area contributed by atoms with Crippen LogP contribution in [0.2, 0.25) is 0 Å². The van der Waals surface area contributed by atoms with Gasteiger partial charge < -0.3 is 4.90 Å². The van der Waals surface area contributed by atoms with Gasteiger partial charge in [0.2, 0.25) is 11.8 Å². The number of rotatable bonds is 0. The second-order valence-corrected chi connectivity index (χ2v) is 7.63. The van der Waals surface area contributed by atoms with Crippen LogP contribution in [0, 0.1) is 11.3 Å². The van der Waals surface area contributed by atoms with Gasteiger partial charge in [0.1, 0.15) is 0 Å². The molecule has 2 atom stereocenters. The average molecular weight is 341 g/mol. The minimum atomic E-state index is -1.21. The van der Waals surface area contributed by atoms with Gasteiger partial charge in [0, 0.05) is 26.3 Å². The quantitative estimate of drug-likeness (QED) is 0.676. The summed E-state index contributed by atoms with van der Waals surface area (Å²) in [5.74, 6) is -0.282. The Balaban J connectivity index is 1.92. The molecule has 3 aliphatic heterocycles. The monoisotopic (exact) mass is 341 g/mol. The molecule has 4 amide bonds. The molecule has 0 radical (unpaired) electrons. The number of imide groups is 2. The highest BCUT2D eigenvalue weighted by Gasteiger charge is 2.63. The first-order valence-electron chi connectivity index (χ1n) is 8.82. The number of carbonyl (C=O) groups is 3. The molecule has 1 spiro atoms. The first-order chi connectivity index (χ1) is 11.9. The van der Waals surface area contributed by atoms with Crippen molar-refractivity contribution in [2.45, 2.75) is 32.2 Å². The maximum atomic E-state index is 13.3.